The molecule has 0 unspecified atom stereocenters. The van der Waals surface area contributed by atoms with Gasteiger partial charge in [0.25, 0.3) is 0 Å². The Hall–Kier alpha value is -0.0400. The third-order valence-corrected chi connectivity index (χ3v) is 3.30. The van der Waals surface area contributed by atoms with Crippen LogP contribution in [0.3, 0.4) is 0 Å². The molecule has 0 aromatic heterocycles. The maximum atomic E-state index is 2.45. The summed E-state index contributed by atoms with van der Waals surface area (Å²) in [4.78, 5) is 2.45. The van der Waals surface area contributed by atoms with Crippen molar-refractivity contribution < 1.29 is 0 Å². The zero-order valence-corrected chi connectivity index (χ0v) is 10.5. The third kappa shape index (κ3) is 2.46. The van der Waals surface area contributed by atoms with Gasteiger partial charge < -0.3 is 4.90 Å². The minimum absolute atomic E-state index is 0.701. The number of nitrogens with zero attached hydrogens (tertiary/aromatic N) is 1. The first-order valence-electron chi connectivity index (χ1n) is 5.81. The van der Waals surface area contributed by atoms with Crippen molar-refractivity contribution in [3.63, 3.8) is 0 Å². The Kier molecular flexibility index (Phi) is 4.98. The summed E-state index contributed by atoms with van der Waals surface area (Å²) in [5, 5.41) is 0. The molecule has 0 spiro atoms. The number of hydrogen-bond donors (Lipinski definition) is 0. The number of hydrogen-bond acceptors (Lipinski definition) is 1. The minimum Gasteiger partial charge on any atom is -0.306 e. The van der Waals surface area contributed by atoms with Crippen LogP contribution in [0.5, 0.6) is 0 Å². The summed E-state index contributed by atoms with van der Waals surface area (Å²) in [5.74, 6) is 2.06. The minimum atomic E-state index is 0.701. The molecule has 0 aromatic rings. The van der Waals surface area contributed by atoms with Gasteiger partial charge in [-0.2, -0.15) is 0 Å². The number of likely N-dealkylation sites (tertiary alicyclic amines) is 1. The molecule has 2 aliphatic rings. The van der Waals surface area contributed by atoms with Crippen molar-refractivity contribution in [2.45, 2.75) is 41.5 Å². The standard InChI is InChI=1S/C8H15N.2C2H6/c1-8(2)6-4-9(3)5-7(6)8;2*1-2/h6-7H,4-5H2,1-3H3;2*1-2H3/t6-,7+;;. The maximum absolute atomic E-state index is 2.45. The molecule has 0 bridgehead atoms. The van der Waals surface area contributed by atoms with Crippen LogP contribution in [0.1, 0.15) is 41.5 Å². The van der Waals surface area contributed by atoms with Gasteiger partial charge in [0, 0.05) is 13.1 Å². The Balaban J connectivity index is 0.000000322. The lowest BCUT2D eigenvalue weighted by atomic mass is 10.1. The summed E-state index contributed by atoms with van der Waals surface area (Å²) >= 11 is 0. The fraction of sp³-hybridized carbons (Fsp3) is 1.00. The van der Waals surface area contributed by atoms with E-state index in [2.05, 4.69) is 25.8 Å². The van der Waals surface area contributed by atoms with Crippen molar-refractivity contribution in [3.8, 4) is 0 Å². The Morgan fingerprint density at radius 3 is 1.46 bits per heavy atom. The molecule has 2 rings (SSSR count). The fourth-order valence-electron chi connectivity index (χ4n) is 2.33. The van der Waals surface area contributed by atoms with Gasteiger partial charge in [-0.3, -0.25) is 0 Å². The van der Waals surface area contributed by atoms with E-state index < -0.39 is 0 Å². The van der Waals surface area contributed by atoms with E-state index in [-0.39, 0.29) is 0 Å². The molecule has 2 fully saturated rings. The predicted molar refractivity (Wildman–Crippen MR) is 61.0 cm³/mol. The molecule has 2 atom stereocenters. The first-order valence-corrected chi connectivity index (χ1v) is 5.81. The zero-order valence-electron chi connectivity index (χ0n) is 10.5. The van der Waals surface area contributed by atoms with Gasteiger partial charge in [0.05, 0.1) is 0 Å². The van der Waals surface area contributed by atoms with Crippen LogP contribution in [0.15, 0.2) is 0 Å². The van der Waals surface area contributed by atoms with E-state index in [1.807, 2.05) is 27.7 Å². The van der Waals surface area contributed by atoms with Crippen LogP contribution in [-0.4, -0.2) is 25.0 Å². The fourth-order valence-corrected chi connectivity index (χ4v) is 2.33. The molecule has 1 aliphatic carbocycles. The average Bonchev–Trinajstić information content (AvgIpc) is 2.57. The largest absolute Gasteiger partial charge is 0.306 e. The Morgan fingerprint density at radius 1 is 0.923 bits per heavy atom. The van der Waals surface area contributed by atoms with Crippen LogP contribution >= 0.6 is 0 Å². The lowest BCUT2D eigenvalue weighted by Gasteiger charge is -2.15. The molecule has 80 valence electrons. The van der Waals surface area contributed by atoms with Crippen molar-refractivity contribution in [2.75, 3.05) is 20.1 Å². The van der Waals surface area contributed by atoms with Gasteiger partial charge >= 0.3 is 0 Å². The number of rotatable bonds is 0. The molecule has 1 aliphatic heterocycles. The quantitative estimate of drug-likeness (QED) is 0.560. The third-order valence-electron chi connectivity index (χ3n) is 3.30. The molecule has 13 heavy (non-hydrogen) atoms. The second-order valence-corrected chi connectivity index (χ2v) is 4.26. The van der Waals surface area contributed by atoms with Crippen LogP contribution in [0.2, 0.25) is 0 Å². The maximum Gasteiger partial charge on any atom is 0.00153 e. The Labute approximate surface area is 84.5 Å². The molecule has 0 aromatic carbocycles. The lowest BCUT2D eigenvalue weighted by Crippen LogP contribution is -2.21. The summed E-state index contributed by atoms with van der Waals surface area (Å²) in [6, 6.07) is 0. The van der Waals surface area contributed by atoms with E-state index in [0.717, 1.165) is 11.8 Å². The van der Waals surface area contributed by atoms with Crippen LogP contribution in [0, 0.1) is 17.3 Å². The molecule has 1 saturated heterocycles. The van der Waals surface area contributed by atoms with E-state index >= 15 is 0 Å². The summed E-state index contributed by atoms with van der Waals surface area (Å²) in [6.45, 7) is 15.5. The lowest BCUT2D eigenvalue weighted by molar-refractivity contribution is 0.306. The summed E-state index contributed by atoms with van der Waals surface area (Å²) in [6.07, 6.45) is 0. The molecular formula is C12H27N. The van der Waals surface area contributed by atoms with E-state index in [1.54, 1.807) is 0 Å². The SMILES string of the molecule is CC.CC.CN1C[C@@H]2[C@H](C1)C2(C)C. The van der Waals surface area contributed by atoms with E-state index in [4.69, 9.17) is 0 Å². The van der Waals surface area contributed by atoms with E-state index in [0.29, 0.717) is 5.41 Å². The predicted octanol–water partition coefficient (Wildman–Crippen LogP) is 3.26. The molecule has 1 nitrogen and oxygen atoms in total. The van der Waals surface area contributed by atoms with Crippen molar-refractivity contribution in [3.05, 3.63) is 0 Å². The van der Waals surface area contributed by atoms with Gasteiger partial charge in [-0.15, -0.1) is 0 Å². The van der Waals surface area contributed by atoms with Gasteiger partial charge in [0.15, 0.2) is 0 Å². The molecule has 0 N–H and O–H groups in total. The zero-order chi connectivity index (χ0) is 10.6. The van der Waals surface area contributed by atoms with Gasteiger partial charge in [-0.05, 0) is 24.3 Å². The second kappa shape index (κ2) is 4.99. The van der Waals surface area contributed by atoms with Gasteiger partial charge in [0.1, 0.15) is 0 Å². The molecular weight excluding hydrogens is 158 g/mol. The van der Waals surface area contributed by atoms with Crippen molar-refractivity contribution in [1.82, 2.24) is 4.90 Å². The van der Waals surface area contributed by atoms with Gasteiger partial charge in [0.2, 0.25) is 0 Å². The monoisotopic (exact) mass is 185 g/mol. The van der Waals surface area contributed by atoms with Gasteiger partial charge in [-0.25, -0.2) is 0 Å². The molecule has 1 heterocycles. The molecule has 1 saturated carbocycles. The van der Waals surface area contributed by atoms with Crippen molar-refractivity contribution >= 4 is 0 Å². The topological polar surface area (TPSA) is 3.24 Å². The first kappa shape index (κ1) is 13.0. The van der Waals surface area contributed by atoms with Gasteiger partial charge in [-0.1, -0.05) is 41.5 Å². The number of piperidine rings is 1. The highest BCUT2D eigenvalue weighted by molar-refractivity contribution is 5.10. The average molecular weight is 185 g/mol. The molecule has 0 amide bonds. The summed E-state index contributed by atoms with van der Waals surface area (Å²) in [5.41, 5.74) is 0.701. The van der Waals surface area contributed by atoms with Crippen LogP contribution < -0.4 is 0 Å². The number of fused-ring (bicyclic) bond motifs is 1. The summed E-state index contributed by atoms with van der Waals surface area (Å²) in [7, 11) is 2.22. The van der Waals surface area contributed by atoms with E-state index in [9.17, 15) is 0 Å². The highest BCUT2D eigenvalue weighted by Gasteiger charge is 2.60. The normalized spacial score (nSPS) is 33.5. The van der Waals surface area contributed by atoms with Crippen LogP contribution in [0.25, 0.3) is 0 Å². The summed E-state index contributed by atoms with van der Waals surface area (Å²) < 4.78 is 0. The van der Waals surface area contributed by atoms with E-state index in [1.165, 1.54) is 13.1 Å². The Morgan fingerprint density at radius 2 is 1.23 bits per heavy atom. The highest BCUT2D eigenvalue weighted by Crippen LogP contribution is 2.61. The van der Waals surface area contributed by atoms with Crippen molar-refractivity contribution in [2.24, 2.45) is 17.3 Å². The molecule has 1 heteroatoms. The van der Waals surface area contributed by atoms with Crippen molar-refractivity contribution in [1.29, 1.82) is 0 Å². The van der Waals surface area contributed by atoms with Crippen LogP contribution in [0.4, 0.5) is 0 Å². The second-order valence-electron chi connectivity index (χ2n) is 4.26. The smallest absolute Gasteiger partial charge is 0.00153 e. The highest BCUT2D eigenvalue weighted by atomic mass is 15.2. The first-order chi connectivity index (χ1) is 6.12. The Bertz CT molecular complexity index is 126. The van der Waals surface area contributed by atoms with Crippen LogP contribution in [-0.2, 0) is 0 Å². The molecule has 0 radical (unpaired) electrons.